The summed E-state index contributed by atoms with van der Waals surface area (Å²) in [6, 6.07) is 0. The molecule has 0 bridgehead atoms. The number of amidine groups is 1. The van der Waals surface area contributed by atoms with E-state index >= 15 is 0 Å². The topological polar surface area (TPSA) is 24.7 Å². The zero-order chi connectivity index (χ0) is 6.85. The number of hydrogen-bond acceptors (Lipinski definition) is 2. The van der Waals surface area contributed by atoms with E-state index in [2.05, 4.69) is 9.98 Å². The monoisotopic (exact) mass is 164 g/mol. The average molecular weight is 165 g/mol. The number of nitrogens with zero attached hydrogens (tertiary/aromatic N) is 2. The molecule has 0 radical (unpaired) electrons. The molecule has 0 saturated carbocycles. The minimum absolute atomic E-state index is 0.189. The molecule has 2 atom stereocenters. The summed E-state index contributed by atoms with van der Waals surface area (Å²) < 4.78 is 0. The van der Waals surface area contributed by atoms with Crippen molar-refractivity contribution in [2.45, 2.75) is 12.4 Å². The maximum Gasteiger partial charge on any atom is 0.218 e. The smallest absolute Gasteiger partial charge is 0.218 e. The molecule has 4 heteroatoms. The van der Waals surface area contributed by atoms with E-state index in [1.165, 1.54) is 0 Å². The first-order valence-corrected chi connectivity index (χ1v) is 3.43. The molecule has 0 aromatic carbocycles. The maximum absolute atomic E-state index is 5.70. The van der Waals surface area contributed by atoms with Crippen molar-refractivity contribution in [3.05, 3.63) is 0 Å². The van der Waals surface area contributed by atoms with E-state index in [-0.39, 0.29) is 16.7 Å². The Morgan fingerprint density at radius 1 is 1.67 bits per heavy atom. The van der Waals surface area contributed by atoms with Gasteiger partial charge in [0.05, 0.1) is 0 Å². The fourth-order valence-electron chi connectivity index (χ4n) is 0.503. The predicted molar refractivity (Wildman–Crippen MR) is 40.6 cm³/mol. The normalized spacial score (nSPS) is 34.3. The molecule has 50 valence electrons. The van der Waals surface area contributed by atoms with Crippen LogP contribution in [0.3, 0.4) is 0 Å². The third-order valence-electron chi connectivity index (χ3n) is 1.08. The SMILES string of the molecule is CC1C=NC(Cl)=NC1Cl. The molecule has 0 aliphatic carbocycles. The minimum atomic E-state index is -0.241. The van der Waals surface area contributed by atoms with Crippen LogP contribution in [-0.2, 0) is 0 Å². The molecule has 1 aliphatic heterocycles. The lowest BCUT2D eigenvalue weighted by Crippen LogP contribution is -2.15. The first-order valence-electron chi connectivity index (χ1n) is 2.61. The van der Waals surface area contributed by atoms with Gasteiger partial charge in [-0.05, 0) is 11.6 Å². The second kappa shape index (κ2) is 2.67. The number of aliphatic imine (C=N–C) groups is 2. The molecule has 9 heavy (non-hydrogen) atoms. The molecule has 1 heterocycles. The number of halogens is 2. The van der Waals surface area contributed by atoms with Crippen molar-refractivity contribution in [2.75, 3.05) is 0 Å². The molecule has 0 spiro atoms. The largest absolute Gasteiger partial charge is 0.236 e. The van der Waals surface area contributed by atoms with E-state index in [1.54, 1.807) is 6.21 Å². The van der Waals surface area contributed by atoms with Gasteiger partial charge < -0.3 is 0 Å². The van der Waals surface area contributed by atoms with Crippen molar-refractivity contribution in [1.82, 2.24) is 0 Å². The van der Waals surface area contributed by atoms with E-state index in [1.807, 2.05) is 6.92 Å². The molecule has 0 aromatic rings. The maximum atomic E-state index is 5.70. The molecule has 1 aliphatic rings. The van der Waals surface area contributed by atoms with Gasteiger partial charge in [-0.15, -0.1) is 0 Å². The van der Waals surface area contributed by atoms with Crippen LogP contribution in [0.25, 0.3) is 0 Å². The Bertz CT molecular complexity index is 164. The molecule has 1 rings (SSSR count). The summed E-state index contributed by atoms with van der Waals surface area (Å²) in [4.78, 5) is 7.58. The molecule has 0 N–H and O–H groups in total. The third kappa shape index (κ3) is 1.66. The minimum Gasteiger partial charge on any atom is -0.236 e. The van der Waals surface area contributed by atoms with Crippen LogP contribution in [0.15, 0.2) is 9.98 Å². The van der Waals surface area contributed by atoms with E-state index < -0.39 is 0 Å². The Labute approximate surface area is 63.6 Å². The molecule has 2 unspecified atom stereocenters. The van der Waals surface area contributed by atoms with Gasteiger partial charge in [0.2, 0.25) is 5.29 Å². The van der Waals surface area contributed by atoms with Gasteiger partial charge in [-0.25, -0.2) is 9.98 Å². The highest BCUT2D eigenvalue weighted by molar-refractivity contribution is 6.65. The van der Waals surface area contributed by atoms with E-state index in [0.717, 1.165) is 0 Å². The Morgan fingerprint density at radius 3 is 2.78 bits per heavy atom. The predicted octanol–water partition coefficient (Wildman–Crippen LogP) is 1.87. The van der Waals surface area contributed by atoms with Crippen LogP contribution < -0.4 is 0 Å². The number of hydrogen-bond donors (Lipinski definition) is 0. The van der Waals surface area contributed by atoms with Gasteiger partial charge in [-0.1, -0.05) is 18.5 Å². The number of rotatable bonds is 0. The Morgan fingerprint density at radius 2 is 2.33 bits per heavy atom. The van der Waals surface area contributed by atoms with Crippen molar-refractivity contribution >= 4 is 34.7 Å². The number of alkyl halides is 1. The molecular formula is C5H6Cl2N2. The fraction of sp³-hybridized carbons (Fsp3) is 0.600. The van der Waals surface area contributed by atoms with E-state index in [0.29, 0.717) is 0 Å². The van der Waals surface area contributed by atoms with Crippen molar-refractivity contribution in [1.29, 1.82) is 0 Å². The van der Waals surface area contributed by atoms with Gasteiger partial charge in [0.15, 0.2) is 0 Å². The molecule has 0 fully saturated rings. The Balaban J connectivity index is 2.70. The van der Waals surface area contributed by atoms with Crippen molar-refractivity contribution in [3.8, 4) is 0 Å². The Kier molecular flexibility index (Phi) is 2.09. The van der Waals surface area contributed by atoms with Crippen LogP contribution in [-0.4, -0.2) is 17.0 Å². The molecular weight excluding hydrogens is 159 g/mol. The summed E-state index contributed by atoms with van der Waals surface area (Å²) >= 11 is 11.1. The second-order valence-electron chi connectivity index (χ2n) is 1.91. The van der Waals surface area contributed by atoms with Crippen LogP contribution >= 0.6 is 23.2 Å². The third-order valence-corrected chi connectivity index (χ3v) is 1.77. The quantitative estimate of drug-likeness (QED) is 0.386. The summed E-state index contributed by atoms with van der Waals surface area (Å²) in [5.74, 6) is 0.189. The highest BCUT2D eigenvalue weighted by Gasteiger charge is 2.14. The zero-order valence-corrected chi connectivity index (χ0v) is 6.39. The first-order chi connectivity index (χ1) is 4.20. The summed E-state index contributed by atoms with van der Waals surface area (Å²) in [7, 11) is 0. The van der Waals surface area contributed by atoms with Gasteiger partial charge in [-0.3, -0.25) is 0 Å². The molecule has 0 aromatic heterocycles. The second-order valence-corrected chi connectivity index (χ2v) is 2.69. The standard InChI is InChI=1S/C5H6Cl2N2/c1-3-2-8-5(7)9-4(3)6/h2-4H,1H3. The van der Waals surface area contributed by atoms with E-state index in [4.69, 9.17) is 23.2 Å². The lowest BCUT2D eigenvalue weighted by Gasteiger charge is -2.11. The van der Waals surface area contributed by atoms with Gasteiger partial charge in [0.25, 0.3) is 0 Å². The summed E-state index contributed by atoms with van der Waals surface area (Å²) in [6.45, 7) is 1.94. The first kappa shape index (κ1) is 7.03. The lowest BCUT2D eigenvalue weighted by atomic mass is 10.2. The van der Waals surface area contributed by atoms with Crippen molar-refractivity contribution in [3.63, 3.8) is 0 Å². The van der Waals surface area contributed by atoms with Crippen LogP contribution in [0.5, 0.6) is 0 Å². The molecule has 2 nitrogen and oxygen atoms in total. The zero-order valence-electron chi connectivity index (χ0n) is 4.88. The highest BCUT2D eigenvalue weighted by atomic mass is 35.5. The fourth-order valence-corrected chi connectivity index (χ4v) is 0.872. The molecule has 0 amide bonds. The average Bonchev–Trinajstić information content (AvgIpc) is 1.80. The van der Waals surface area contributed by atoms with Crippen LogP contribution in [0, 0.1) is 5.92 Å². The van der Waals surface area contributed by atoms with Crippen LogP contribution in [0.1, 0.15) is 6.92 Å². The van der Waals surface area contributed by atoms with Crippen molar-refractivity contribution < 1.29 is 0 Å². The van der Waals surface area contributed by atoms with Crippen molar-refractivity contribution in [2.24, 2.45) is 15.9 Å². The lowest BCUT2D eigenvalue weighted by molar-refractivity contribution is 0.731. The van der Waals surface area contributed by atoms with Gasteiger partial charge in [0.1, 0.15) is 5.50 Å². The highest BCUT2D eigenvalue weighted by Crippen LogP contribution is 2.14. The van der Waals surface area contributed by atoms with Crippen LogP contribution in [0.4, 0.5) is 0 Å². The summed E-state index contributed by atoms with van der Waals surface area (Å²) in [5, 5.41) is 0.244. The summed E-state index contributed by atoms with van der Waals surface area (Å²) in [6.07, 6.45) is 1.70. The van der Waals surface area contributed by atoms with Crippen LogP contribution in [0.2, 0.25) is 0 Å². The van der Waals surface area contributed by atoms with E-state index in [9.17, 15) is 0 Å². The Hall–Kier alpha value is -0.0800. The molecule has 0 saturated heterocycles. The van der Waals surface area contributed by atoms with Gasteiger partial charge in [0, 0.05) is 12.1 Å². The van der Waals surface area contributed by atoms with Gasteiger partial charge in [-0.2, -0.15) is 0 Å². The van der Waals surface area contributed by atoms with Gasteiger partial charge >= 0.3 is 0 Å². The summed E-state index contributed by atoms with van der Waals surface area (Å²) in [5.41, 5.74) is -0.241.